The summed E-state index contributed by atoms with van der Waals surface area (Å²) in [4.78, 5) is 31.7. The maximum atomic E-state index is 13.3. The molecule has 0 aromatic heterocycles. The van der Waals surface area contributed by atoms with Crippen molar-refractivity contribution in [1.29, 1.82) is 5.26 Å². The van der Waals surface area contributed by atoms with Gasteiger partial charge in [-0.1, -0.05) is 32.9 Å². The van der Waals surface area contributed by atoms with Crippen molar-refractivity contribution in [2.45, 2.75) is 40.2 Å². The monoisotopic (exact) mass is 398 g/mol. The minimum absolute atomic E-state index is 0.0421. The number of hydrogen-bond acceptors (Lipinski definition) is 4. The Bertz CT molecular complexity index is 736. The topological polar surface area (TPSA) is 67.7 Å². The molecule has 1 heterocycles. The van der Waals surface area contributed by atoms with Gasteiger partial charge in [-0.3, -0.25) is 9.59 Å². The number of amides is 2. The molecular formula is C23H34N4O2. The summed E-state index contributed by atoms with van der Waals surface area (Å²) in [7, 11) is 4.00. The summed E-state index contributed by atoms with van der Waals surface area (Å²) >= 11 is 0. The van der Waals surface area contributed by atoms with Crippen molar-refractivity contribution in [3.8, 4) is 6.07 Å². The number of carbonyl (C=O) groups excluding carboxylic acids is 2. The molecule has 1 saturated heterocycles. The molecule has 0 aliphatic carbocycles. The molecule has 6 heteroatoms. The van der Waals surface area contributed by atoms with E-state index in [0.29, 0.717) is 44.6 Å². The maximum absolute atomic E-state index is 13.3. The van der Waals surface area contributed by atoms with Crippen molar-refractivity contribution >= 4 is 11.8 Å². The first kappa shape index (κ1) is 22.9. The second-order valence-corrected chi connectivity index (χ2v) is 9.19. The van der Waals surface area contributed by atoms with E-state index in [1.807, 2.05) is 56.8 Å². The number of rotatable bonds is 6. The average Bonchev–Trinajstić information content (AvgIpc) is 2.69. The van der Waals surface area contributed by atoms with Crippen molar-refractivity contribution in [3.63, 3.8) is 0 Å². The summed E-state index contributed by atoms with van der Waals surface area (Å²) in [5.41, 5.74) is 1.26. The van der Waals surface area contributed by atoms with Crippen LogP contribution >= 0.6 is 0 Å². The molecule has 6 nitrogen and oxygen atoms in total. The van der Waals surface area contributed by atoms with Gasteiger partial charge in [-0.2, -0.15) is 5.26 Å². The normalized spacial score (nSPS) is 15.3. The Morgan fingerprint density at radius 3 is 2.17 bits per heavy atom. The van der Waals surface area contributed by atoms with Gasteiger partial charge in [0.25, 0.3) is 0 Å². The number of nitrogens with zero attached hydrogens (tertiary/aromatic N) is 4. The number of carbonyl (C=O) groups is 2. The van der Waals surface area contributed by atoms with Gasteiger partial charge in [-0.25, -0.2) is 0 Å². The van der Waals surface area contributed by atoms with Crippen LogP contribution in [0.2, 0.25) is 0 Å². The Labute approximate surface area is 175 Å². The highest BCUT2D eigenvalue weighted by molar-refractivity contribution is 5.82. The number of likely N-dealkylation sites (N-methyl/N-ethyl adjacent to an activating group) is 1. The number of likely N-dealkylation sites (tertiary alicyclic amines) is 1. The van der Waals surface area contributed by atoms with E-state index >= 15 is 0 Å². The van der Waals surface area contributed by atoms with Crippen molar-refractivity contribution in [1.82, 2.24) is 14.7 Å². The van der Waals surface area contributed by atoms with Gasteiger partial charge >= 0.3 is 0 Å². The van der Waals surface area contributed by atoms with Gasteiger partial charge in [-0.15, -0.1) is 0 Å². The molecule has 1 aliphatic rings. The molecule has 0 saturated carbocycles. The summed E-state index contributed by atoms with van der Waals surface area (Å²) in [6, 6.07) is 9.54. The molecule has 158 valence electrons. The lowest BCUT2D eigenvalue weighted by Gasteiger charge is -2.37. The molecule has 0 unspecified atom stereocenters. The van der Waals surface area contributed by atoms with Crippen LogP contribution in [0.1, 0.15) is 44.7 Å². The van der Waals surface area contributed by atoms with E-state index in [1.165, 1.54) is 0 Å². The van der Waals surface area contributed by atoms with E-state index in [-0.39, 0.29) is 23.1 Å². The largest absolute Gasteiger partial charge is 0.342 e. The van der Waals surface area contributed by atoms with Crippen LogP contribution in [-0.2, 0) is 16.1 Å². The van der Waals surface area contributed by atoms with E-state index in [2.05, 4.69) is 11.0 Å². The predicted octanol–water partition coefficient (Wildman–Crippen LogP) is 2.73. The van der Waals surface area contributed by atoms with Crippen LogP contribution < -0.4 is 0 Å². The first-order valence-corrected chi connectivity index (χ1v) is 10.3. The molecule has 2 rings (SSSR count). The molecule has 0 spiro atoms. The molecule has 0 radical (unpaired) electrons. The SMILES string of the molecule is CN(C)CCN(Cc1ccc(C#N)cc1)C(=O)C1CCN(C(=O)C(C)(C)C)CC1. The van der Waals surface area contributed by atoms with Gasteiger partial charge < -0.3 is 14.7 Å². The second-order valence-electron chi connectivity index (χ2n) is 9.19. The smallest absolute Gasteiger partial charge is 0.227 e. The fraction of sp³-hybridized carbons (Fsp3) is 0.609. The van der Waals surface area contributed by atoms with Crippen LogP contribution in [0, 0.1) is 22.7 Å². The van der Waals surface area contributed by atoms with Crippen LogP contribution in [0.15, 0.2) is 24.3 Å². The maximum Gasteiger partial charge on any atom is 0.227 e. The molecule has 1 aromatic rings. The summed E-state index contributed by atoms with van der Waals surface area (Å²) < 4.78 is 0. The predicted molar refractivity (Wildman–Crippen MR) is 114 cm³/mol. The third-order valence-electron chi connectivity index (χ3n) is 5.36. The van der Waals surface area contributed by atoms with Gasteiger partial charge in [0.1, 0.15) is 0 Å². The van der Waals surface area contributed by atoms with E-state index in [4.69, 9.17) is 5.26 Å². The second kappa shape index (κ2) is 9.89. The Morgan fingerprint density at radius 1 is 1.10 bits per heavy atom. The number of piperidine rings is 1. The molecule has 1 fully saturated rings. The minimum Gasteiger partial charge on any atom is -0.342 e. The van der Waals surface area contributed by atoms with Crippen LogP contribution in [0.25, 0.3) is 0 Å². The fourth-order valence-electron chi connectivity index (χ4n) is 3.56. The van der Waals surface area contributed by atoms with E-state index in [0.717, 1.165) is 12.1 Å². The highest BCUT2D eigenvalue weighted by Crippen LogP contribution is 2.25. The zero-order chi connectivity index (χ0) is 21.6. The van der Waals surface area contributed by atoms with E-state index in [1.54, 1.807) is 12.1 Å². The van der Waals surface area contributed by atoms with Crippen LogP contribution in [0.3, 0.4) is 0 Å². The van der Waals surface area contributed by atoms with Gasteiger partial charge in [0.2, 0.25) is 11.8 Å². The van der Waals surface area contributed by atoms with E-state index in [9.17, 15) is 9.59 Å². The van der Waals surface area contributed by atoms with E-state index < -0.39 is 0 Å². The molecule has 0 N–H and O–H groups in total. The first-order chi connectivity index (χ1) is 13.6. The van der Waals surface area contributed by atoms with Gasteiger partial charge in [0, 0.05) is 44.1 Å². The summed E-state index contributed by atoms with van der Waals surface area (Å²) in [6.45, 7) is 9.10. The Balaban J connectivity index is 2.03. The zero-order valence-corrected chi connectivity index (χ0v) is 18.4. The number of benzene rings is 1. The zero-order valence-electron chi connectivity index (χ0n) is 18.4. The minimum atomic E-state index is -0.385. The third-order valence-corrected chi connectivity index (χ3v) is 5.36. The van der Waals surface area contributed by atoms with Gasteiger partial charge in [-0.05, 0) is 44.6 Å². The van der Waals surface area contributed by atoms with Crippen LogP contribution in [-0.4, -0.2) is 66.8 Å². The van der Waals surface area contributed by atoms with Crippen molar-refractivity contribution in [2.75, 3.05) is 40.3 Å². The van der Waals surface area contributed by atoms with Crippen LogP contribution in [0.5, 0.6) is 0 Å². The van der Waals surface area contributed by atoms with Crippen LogP contribution in [0.4, 0.5) is 0 Å². The number of hydrogen-bond donors (Lipinski definition) is 0. The molecular weight excluding hydrogens is 364 g/mol. The highest BCUT2D eigenvalue weighted by atomic mass is 16.2. The molecule has 29 heavy (non-hydrogen) atoms. The Kier molecular flexibility index (Phi) is 7.80. The van der Waals surface area contributed by atoms with Crippen molar-refractivity contribution < 1.29 is 9.59 Å². The average molecular weight is 399 g/mol. The third kappa shape index (κ3) is 6.57. The fourth-order valence-corrected chi connectivity index (χ4v) is 3.56. The molecule has 2 amide bonds. The molecule has 1 aromatic carbocycles. The quantitative estimate of drug-likeness (QED) is 0.739. The highest BCUT2D eigenvalue weighted by Gasteiger charge is 2.33. The number of nitriles is 1. The van der Waals surface area contributed by atoms with Gasteiger partial charge in [0.05, 0.1) is 11.6 Å². The Morgan fingerprint density at radius 2 is 1.69 bits per heavy atom. The standard InChI is InChI=1S/C23H34N4O2/c1-23(2,3)22(29)26-12-10-20(11-13-26)21(28)27(15-14-25(4)5)17-19-8-6-18(16-24)7-9-19/h6-9,20H,10-15,17H2,1-5H3. The lowest BCUT2D eigenvalue weighted by Crippen LogP contribution is -2.48. The lowest BCUT2D eigenvalue weighted by molar-refractivity contribution is -0.145. The molecule has 1 aliphatic heterocycles. The molecule has 0 atom stereocenters. The van der Waals surface area contributed by atoms with Crippen molar-refractivity contribution in [2.24, 2.45) is 11.3 Å². The van der Waals surface area contributed by atoms with Crippen molar-refractivity contribution in [3.05, 3.63) is 35.4 Å². The summed E-state index contributed by atoms with van der Waals surface area (Å²) in [6.07, 6.45) is 1.43. The summed E-state index contributed by atoms with van der Waals surface area (Å²) in [5.74, 6) is 0.282. The Hall–Kier alpha value is -2.39. The van der Waals surface area contributed by atoms with Gasteiger partial charge in [0.15, 0.2) is 0 Å². The first-order valence-electron chi connectivity index (χ1n) is 10.3. The molecule has 0 bridgehead atoms. The lowest BCUT2D eigenvalue weighted by atomic mass is 9.90. The summed E-state index contributed by atoms with van der Waals surface area (Å²) in [5, 5.41) is 8.98.